The van der Waals surface area contributed by atoms with Gasteiger partial charge in [-0.3, -0.25) is 0 Å². The van der Waals surface area contributed by atoms with Gasteiger partial charge in [-0.25, -0.2) is 0 Å². The SMILES string of the molecule is Clc1ccc(C(CBr)[Se]c2ccccc2)cc1. The monoisotopic (exact) mass is 374 g/mol. The molecule has 0 aliphatic rings. The molecule has 3 heteroatoms. The molecular formula is C14H12BrClSe. The fourth-order valence-corrected chi connectivity index (χ4v) is 4.81. The van der Waals surface area contributed by atoms with Crippen molar-refractivity contribution in [3.63, 3.8) is 0 Å². The zero-order chi connectivity index (χ0) is 12.1. The number of rotatable bonds is 4. The van der Waals surface area contributed by atoms with Crippen LogP contribution in [0.2, 0.25) is 5.02 Å². The van der Waals surface area contributed by atoms with E-state index >= 15 is 0 Å². The molecule has 88 valence electrons. The first kappa shape index (κ1) is 13.2. The minimum absolute atomic E-state index is 0.443. The number of hydrogen-bond donors (Lipinski definition) is 0. The van der Waals surface area contributed by atoms with E-state index < -0.39 is 0 Å². The van der Waals surface area contributed by atoms with Crippen molar-refractivity contribution in [1.29, 1.82) is 0 Å². The first-order valence-electron chi connectivity index (χ1n) is 5.33. The summed E-state index contributed by atoms with van der Waals surface area (Å²) < 4.78 is 1.43. The van der Waals surface area contributed by atoms with E-state index in [0.717, 1.165) is 10.4 Å². The van der Waals surface area contributed by atoms with Gasteiger partial charge in [0.1, 0.15) is 0 Å². The van der Waals surface area contributed by atoms with Crippen molar-refractivity contribution in [2.75, 3.05) is 5.33 Å². The number of hydrogen-bond acceptors (Lipinski definition) is 0. The Bertz CT molecular complexity index is 455. The Balaban J connectivity index is 2.14. The van der Waals surface area contributed by atoms with E-state index in [1.807, 2.05) is 12.1 Å². The molecule has 2 rings (SSSR count). The molecule has 0 aromatic heterocycles. The second-order valence-corrected chi connectivity index (χ2v) is 7.39. The molecule has 0 saturated carbocycles. The molecule has 0 nitrogen and oxygen atoms in total. The number of alkyl halides is 1. The first-order chi connectivity index (χ1) is 8.29. The predicted octanol–water partition coefficient (Wildman–Crippen LogP) is 3.81. The third kappa shape index (κ3) is 3.86. The van der Waals surface area contributed by atoms with Crippen LogP contribution in [0.5, 0.6) is 0 Å². The zero-order valence-electron chi connectivity index (χ0n) is 9.14. The van der Waals surface area contributed by atoms with Crippen LogP contribution in [0.1, 0.15) is 10.4 Å². The fraction of sp³-hybridized carbons (Fsp3) is 0.143. The van der Waals surface area contributed by atoms with Gasteiger partial charge in [0, 0.05) is 0 Å². The Morgan fingerprint density at radius 1 is 1.00 bits per heavy atom. The van der Waals surface area contributed by atoms with Gasteiger partial charge in [0.2, 0.25) is 0 Å². The number of halogens is 2. The molecule has 1 atom stereocenters. The topological polar surface area (TPSA) is 0 Å². The van der Waals surface area contributed by atoms with Gasteiger partial charge in [-0.05, 0) is 0 Å². The average Bonchev–Trinajstić information content (AvgIpc) is 2.38. The standard InChI is InChI=1S/C14H12BrClSe/c15-10-14(11-6-8-12(16)9-7-11)17-13-4-2-1-3-5-13/h1-9,14H,10H2. The van der Waals surface area contributed by atoms with Crippen LogP contribution in [0.4, 0.5) is 0 Å². The molecule has 0 N–H and O–H groups in total. The summed E-state index contributed by atoms with van der Waals surface area (Å²) >= 11 is 9.97. The van der Waals surface area contributed by atoms with Crippen molar-refractivity contribution < 1.29 is 0 Å². The summed E-state index contributed by atoms with van der Waals surface area (Å²) in [4.78, 5) is 0.558. The summed E-state index contributed by atoms with van der Waals surface area (Å²) in [5, 5.41) is 1.79. The Labute approximate surface area is 122 Å². The van der Waals surface area contributed by atoms with Gasteiger partial charge < -0.3 is 0 Å². The molecule has 2 aromatic carbocycles. The predicted molar refractivity (Wildman–Crippen MR) is 79.8 cm³/mol. The Morgan fingerprint density at radius 2 is 1.65 bits per heavy atom. The summed E-state index contributed by atoms with van der Waals surface area (Å²) in [6, 6.07) is 18.8. The molecule has 0 aliphatic carbocycles. The van der Waals surface area contributed by atoms with Crippen LogP contribution in [0, 0.1) is 0 Å². The normalized spacial score (nSPS) is 12.4. The van der Waals surface area contributed by atoms with E-state index in [2.05, 4.69) is 58.4 Å². The molecule has 0 heterocycles. The van der Waals surface area contributed by atoms with Crippen molar-refractivity contribution in [3.8, 4) is 0 Å². The van der Waals surface area contributed by atoms with Crippen molar-refractivity contribution >= 4 is 46.9 Å². The molecule has 17 heavy (non-hydrogen) atoms. The molecule has 2 aromatic rings. The zero-order valence-corrected chi connectivity index (χ0v) is 13.2. The third-order valence-electron chi connectivity index (χ3n) is 2.40. The average molecular weight is 375 g/mol. The molecule has 0 spiro atoms. The van der Waals surface area contributed by atoms with Crippen LogP contribution < -0.4 is 4.46 Å². The minimum atomic E-state index is 0.443. The van der Waals surface area contributed by atoms with E-state index in [0.29, 0.717) is 19.8 Å². The van der Waals surface area contributed by atoms with Crippen LogP contribution in [-0.2, 0) is 0 Å². The van der Waals surface area contributed by atoms with Gasteiger partial charge in [-0.2, -0.15) is 0 Å². The number of benzene rings is 2. The van der Waals surface area contributed by atoms with Crippen LogP contribution in [0.25, 0.3) is 0 Å². The molecule has 0 radical (unpaired) electrons. The van der Waals surface area contributed by atoms with E-state index in [-0.39, 0.29) is 0 Å². The molecule has 0 fully saturated rings. The van der Waals surface area contributed by atoms with E-state index in [1.54, 1.807) is 0 Å². The van der Waals surface area contributed by atoms with Gasteiger partial charge in [0.05, 0.1) is 0 Å². The van der Waals surface area contributed by atoms with Crippen molar-refractivity contribution in [2.24, 2.45) is 0 Å². The summed E-state index contributed by atoms with van der Waals surface area (Å²) in [5.74, 6) is 0. The van der Waals surface area contributed by atoms with Gasteiger partial charge in [-0.15, -0.1) is 0 Å². The maximum absolute atomic E-state index is 5.91. The van der Waals surface area contributed by atoms with Crippen LogP contribution in [-0.4, -0.2) is 20.3 Å². The molecule has 0 amide bonds. The van der Waals surface area contributed by atoms with E-state index in [1.165, 1.54) is 10.0 Å². The van der Waals surface area contributed by atoms with Crippen LogP contribution in [0.3, 0.4) is 0 Å². The Hall–Kier alpha value is -0.271. The molecule has 1 unspecified atom stereocenters. The summed E-state index contributed by atoms with van der Waals surface area (Å²) in [7, 11) is 0. The maximum atomic E-state index is 5.91. The van der Waals surface area contributed by atoms with Gasteiger partial charge in [-0.1, -0.05) is 0 Å². The van der Waals surface area contributed by atoms with Crippen molar-refractivity contribution in [3.05, 3.63) is 65.2 Å². The second kappa shape index (κ2) is 6.61. The molecule has 0 bridgehead atoms. The Morgan fingerprint density at radius 3 is 2.24 bits per heavy atom. The van der Waals surface area contributed by atoms with Crippen LogP contribution in [0.15, 0.2) is 54.6 Å². The third-order valence-corrected chi connectivity index (χ3v) is 6.93. The molecule has 0 saturated heterocycles. The molecule has 0 aliphatic heterocycles. The first-order valence-corrected chi connectivity index (χ1v) is 8.67. The van der Waals surface area contributed by atoms with Crippen LogP contribution >= 0.6 is 27.5 Å². The van der Waals surface area contributed by atoms with Gasteiger partial charge in [0.25, 0.3) is 0 Å². The summed E-state index contributed by atoms with van der Waals surface area (Å²) in [6.07, 6.45) is 0. The second-order valence-electron chi connectivity index (χ2n) is 3.63. The van der Waals surface area contributed by atoms with E-state index in [9.17, 15) is 0 Å². The van der Waals surface area contributed by atoms with Crippen molar-refractivity contribution in [1.82, 2.24) is 0 Å². The van der Waals surface area contributed by atoms with Crippen molar-refractivity contribution in [2.45, 2.75) is 4.82 Å². The summed E-state index contributed by atoms with van der Waals surface area (Å²) in [5.41, 5.74) is 1.36. The fourth-order valence-electron chi connectivity index (χ4n) is 1.53. The quantitative estimate of drug-likeness (QED) is 0.564. The Kier molecular flexibility index (Phi) is 5.12. The molecular weight excluding hydrogens is 362 g/mol. The van der Waals surface area contributed by atoms with Gasteiger partial charge >= 0.3 is 122 Å². The van der Waals surface area contributed by atoms with Gasteiger partial charge in [0.15, 0.2) is 0 Å². The summed E-state index contributed by atoms with van der Waals surface area (Å²) in [6.45, 7) is 0. The van der Waals surface area contributed by atoms with E-state index in [4.69, 9.17) is 11.6 Å².